The van der Waals surface area contributed by atoms with Gasteiger partial charge in [-0.2, -0.15) is 0 Å². The fourth-order valence-electron chi connectivity index (χ4n) is 4.66. The van der Waals surface area contributed by atoms with Gasteiger partial charge < -0.3 is 15.2 Å². The zero-order chi connectivity index (χ0) is 22.6. The number of benzene rings is 1. The highest BCUT2D eigenvalue weighted by atomic mass is 16.2. The number of aromatic amines is 1. The maximum Gasteiger partial charge on any atom is 0.222 e. The molecular weight excluding hydrogens is 410 g/mol. The van der Waals surface area contributed by atoms with E-state index in [2.05, 4.69) is 33.5 Å². The smallest absolute Gasteiger partial charge is 0.222 e. The third-order valence-electron chi connectivity index (χ3n) is 6.42. The molecule has 168 valence electrons. The molecule has 2 N–H and O–H groups in total. The molecule has 0 aliphatic carbocycles. The molecule has 1 amide bonds. The minimum absolute atomic E-state index is 0.230. The third-order valence-corrected chi connectivity index (χ3v) is 6.42. The molecule has 6 nitrogen and oxygen atoms in total. The summed E-state index contributed by atoms with van der Waals surface area (Å²) in [4.78, 5) is 27.5. The van der Waals surface area contributed by atoms with Crippen LogP contribution in [0.15, 0.2) is 67.0 Å². The SMILES string of the molecule is Cc1cccc(Nc2ccc([C@@H]3CCCN(C(=O)CCc4c[nH]c5ccccc45)C3)nc2)n1. The number of likely N-dealkylation sites (tertiary alicyclic amines) is 1. The highest BCUT2D eigenvalue weighted by Gasteiger charge is 2.25. The molecule has 5 rings (SSSR count). The van der Waals surface area contributed by atoms with Crippen molar-refractivity contribution in [1.82, 2.24) is 19.9 Å². The van der Waals surface area contributed by atoms with Crippen LogP contribution in [-0.4, -0.2) is 38.8 Å². The normalized spacial score (nSPS) is 16.2. The van der Waals surface area contributed by atoms with Crippen molar-refractivity contribution in [2.75, 3.05) is 18.4 Å². The van der Waals surface area contributed by atoms with E-state index in [0.29, 0.717) is 6.42 Å². The predicted molar refractivity (Wildman–Crippen MR) is 132 cm³/mol. The predicted octanol–water partition coefficient (Wildman–Crippen LogP) is 5.35. The first-order valence-corrected chi connectivity index (χ1v) is 11.6. The van der Waals surface area contributed by atoms with Gasteiger partial charge in [0.15, 0.2) is 0 Å². The summed E-state index contributed by atoms with van der Waals surface area (Å²) in [6.07, 6.45) is 7.26. The molecule has 1 saturated heterocycles. The van der Waals surface area contributed by atoms with Crippen molar-refractivity contribution < 1.29 is 4.79 Å². The Hall–Kier alpha value is -3.67. The van der Waals surface area contributed by atoms with Crippen molar-refractivity contribution in [3.8, 4) is 0 Å². The summed E-state index contributed by atoms with van der Waals surface area (Å²) in [5, 5.41) is 4.51. The molecule has 1 aliphatic heterocycles. The fourth-order valence-corrected chi connectivity index (χ4v) is 4.66. The van der Waals surface area contributed by atoms with Crippen LogP contribution in [0.25, 0.3) is 10.9 Å². The van der Waals surface area contributed by atoms with Gasteiger partial charge in [-0.25, -0.2) is 4.98 Å². The number of amides is 1. The van der Waals surface area contributed by atoms with Crippen LogP contribution in [0, 0.1) is 6.92 Å². The van der Waals surface area contributed by atoms with E-state index < -0.39 is 0 Å². The van der Waals surface area contributed by atoms with Crippen molar-refractivity contribution in [2.45, 2.75) is 38.5 Å². The summed E-state index contributed by atoms with van der Waals surface area (Å²) in [5.74, 6) is 1.32. The Morgan fingerprint density at radius 1 is 1.15 bits per heavy atom. The Bertz CT molecular complexity index is 1250. The minimum atomic E-state index is 0.230. The highest BCUT2D eigenvalue weighted by Crippen LogP contribution is 2.27. The van der Waals surface area contributed by atoms with Crippen molar-refractivity contribution in [1.29, 1.82) is 0 Å². The number of anilines is 2. The van der Waals surface area contributed by atoms with E-state index in [4.69, 9.17) is 4.98 Å². The number of fused-ring (bicyclic) bond motifs is 1. The lowest BCUT2D eigenvalue weighted by Gasteiger charge is -2.32. The maximum atomic E-state index is 13.0. The first-order chi connectivity index (χ1) is 16.2. The molecule has 0 bridgehead atoms. The van der Waals surface area contributed by atoms with Crippen LogP contribution in [0.3, 0.4) is 0 Å². The average molecular weight is 440 g/mol. The summed E-state index contributed by atoms with van der Waals surface area (Å²) in [5.41, 5.74) is 5.27. The Balaban J connectivity index is 1.19. The molecule has 4 aromatic rings. The quantitative estimate of drug-likeness (QED) is 0.425. The van der Waals surface area contributed by atoms with E-state index in [0.717, 1.165) is 60.8 Å². The molecule has 0 saturated carbocycles. The zero-order valence-electron chi connectivity index (χ0n) is 18.9. The molecule has 0 radical (unpaired) electrons. The average Bonchev–Trinajstić information content (AvgIpc) is 3.26. The van der Waals surface area contributed by atoms with E-state index in [9.17, 15) is 4.79 Å². The molecule has 3 aromatic heterocycles. The number of H-pyrrole nitrogens is 1. The van der Waals surface area contributed by atoms with Gasteiger partial charge in [-0.15, -0.1) is 0 Å². The number of para-hydroxylation sites is 1. The fraction of sp³-hybridized carbons (Fsp3) is 0.296. The number of rotatable bonds is 6. The maximum absolute atomic E-state index is 13.0. The van der Waals surface area contributed by atoms with Crippen LogP contribution in [0.4, 0.5) is 11.5 Å². The van der Waals surface area contributed by atoms with E-state index in [1.165, 1.54) is 10.9 Å². The van der Waals surface area contributed by atoms with Crippen molar-refractivity contribution in [3.05, 3.63) is 83.9 Å². The molecule has 6 heteroatoms. The van der Waals surface area contributed by atoms with E-state index in [1.807, 2.05) is 60.6 Å². The number of hydrogen-bond acceptors (Lipinski definition) is 4. The largest absolute Gasteiger partial charge is 0.361 e. The number of aromatic nitrogens is 3. The Kier molecular flexibility index (Phi) is 6.07. The molecule has 1 aromatic carbocycles. The second kappa shape index (κ2) is 9.45. The lowest BCUT2D eigenvalue weighted by molar-refractivity contribution is -0.132. The Labute approximate surface area is 194 Å². The van der Waals surface area contributed by atoms with Gasteiger partial charge in [0.2, 0.25) is 5.91 Å². The lowest BCUT2D eigenvalue weighted by atomic mass is 9.93. The van der Waals surface area contributed by atoms with Crippen LogP contribution in [0.1, 0.15) is 42.1 Å². The van der Waals surface area contributed by atoms with Crippen LogP contribution in [0.5, 0.6) is 0 Å². The van der Waals surface area contributed by atoms with Crippen molar-refractivity contribution in [3.63, 3.8) is 0 Å². The van der Waals surface area contributed by atoms with E-state index in [-0.39, 0.29) is 11.8 Å². The molecule has 4 heterocycles. The van der Waals surface area contributed by atoms with E-state index >= 15 is 0 Å². The van der Waals surface area contributed by atoms with Crippen LogP contribution in [0.2, 0.25) is 0 Å². The number of nitrogens with zero attached hydrogens (tertiary/aromatic N) is 3. The van der Waals surface area contributed by atoms with Gasteiger partial charge in [-0.05, 0) is 62.1 Å². The molecular formula is C27H29N5O. The Morgan fingerprint density at radius 3 is 2.91 bits per heavy atom. The number of pyridine rings is 2. The van der Waals surface area contributed by atoms with Crippen LogP contribution in [-0.2, 0) is 11.2 Å². The molecule has 1 fully saturated rings. The van der Waals surface area contributed by atoms with Gasteiger partial charge in [0, 0.05) is 53.9 Å². The van der Waals surface area contributed by atoms with Gasteiger partial charge in [-0.1, -0.05) is 24.3 Å². The highest BCUT2D eigenvalue weighted by molar-refractivity contribution is 5.84. The van der Waals surface area contributed by atoms with Crippen LogP contribution < -0.4 is 5.32 Å². The molecule has 0 unspecified atom stereocenters. The van der Waals surface area contributed by atoms with Gasteiger partial charge >= 0.3 is 0 Å². The van der Waals surface area contributed by atoms with Crippen molar-refractivity contribution in [2.24, 2.45) is 0 Å². The number of carbonyl (C=O) groups excluding carboxylic acids is 1. The first-order valence-electron chi connectivity index (χ1n) is 11.6. The number of piperidine rings is 1. The number of aryl methyl sites for hydroxylation is 2. The number of carbonyl (C=O) groups is 1. The second-order valence-corrected chi connectivity index (χ2v) is 8.80. The lowest BCUT2D eigenvalue weighted by Crippen LogP contribution is -2.39. The second-order valence-electron chi connectivity index (χ2n) is 8.80. The van der Waals surface area contributed by atoms with Gasteiger partial charge in [0.25, 0.3) is 0 Å². The number of nitrogens with one attached hydrogen (secondary N) is 2. The van der Waals surface area contributed by atoms with Gasteiger partial charge in [0.05, 0.1) is 11.9 Å². The number of hydrogen-bond donors (Lipinski definition) is 2. The summed E-state index contributed by atoms with van der Waals surface area (Å²) in [6.45, 7) is 3.55. The summed E-state index contributed by atoms with van der Waals surface area (Å²) in [6, 6.07) is 18.3. The summed E-state index contributed by atoms with van der Waals surface area (Å²) in [7, 11) is 0. The van der Waals surface area contributed by atoms with Gasteiger partial charge in [0.1, 0.15) is 5.82 Å². The summed E-state index contributed by atoms with van der Waals surface area (Å²) < 4.78 is 0. The molecule has 1 aliphatic rings. The Morgan fingerprint density at radius 2 is 2.06 bits per heavy atom. The van der Waals surface area contributed by atoms with E-state index in [1.54, 1.807) is 0 Å². The monoisotopic (exact) mass is 439 g/mol. The zero-order valence-corrected chi connectivity index (χ0v) is 18.9. The molecule has 0 spiro atoms. The first kappa shape index (κ1) is 21.2. The summed E-state index contributed by atoms with van der Waals surface area (Å²) >= 11 is 0. The van der Waals surface area contributed by atoms with Crippen LogP contribution >= 0.6 is 0 Å². The van der Waals surface area contributed by atoms with Gasteiger partial charge in [-0.3, -0.25) is 9.78 Å². The minimum Gasteiger partial charge on any atom is -0.361 e. The standard InChI is InChI=1S/C27H29N5O/c1-19-6-4-10-26(30-19)31-22-12-13-24(29-17-22)21-7-5-15-32(18-21)27(33)14-11-20-16-28-25-9-3-2-8-23(20)25/h2-4,6,8-10,12-13,16-17,21,28H,5,7,11,14-15,18H2,1H3,(H,30,31)/t21-/m1/s1. The third kappa shape index (κ3) is 4.90. The molecule has 33 heavy (non-hydrogen) atoms. The molecule has 1 atom stereocenters. The topological polar surface area (TPSA) is 73.9 Å². The van der Waals surface area contributed by atoms with Crippen molar-refractivity contribution >= 4 is 28.3 Å².